The van der Waals surface area contributed by atoms with Gasteiger partial charge in [-0.25, -0.2) is 24.8 Å². The third-order valence-electron chi connectivity index (χ3n) is 11.9. The van der Waals surface area contributed by atoms with Gasteiger partial charge in [0, 0.05) is 33.0 Å². The molecule has 302 valence electrons. The van der Waals surface area contributed by atoms with Crippen LogP contribution in [0, 0.1) is 0 Å². The minimum Gasteiger partial charge on any atom is -0.247 e. The van der Waals surface area contributed by atoms with Crippen LogP contribution >= 0.6 is 7.49 Å². The Bertz CT molecular complexity index is 3360. The predicted molar refractivity (Wildman–Crippen MR) is 266 cm³/mol. The van der Waals surface area contributed by atoms with Crippen LogP contribution in [0.2, 0.25) is 0 Å². The van der Waals surface area contributed by atoms with Crippen molar-refractivity contribution in [3.63, 3.8) is 0 Å². The van der Waals surface area contributed by atoms with Gasteiger partial charge in [-0.05, 0) is 82.2 Å². The van der Waals surface area contributed by atoms with Gasteiger partial charge >= 0.3 is 0 Å². The van der Waals surface area contributed by atoms with Crippen LogP contribution in [0.25, 0.3) is 89.4 Å². The third kappa shape index (κ3) is 7.23. The highest BCUT2D eigenvalue weighted by molar-refractivity contribution is 7.91. The van der Waals surface area contributed by atoms with Gasteiger partial charge in [-0.15, -0.1) is 0 Å². The van der Waals surface area contributed by atoms with Crippen LogP contribution in [0.4, 0.5) is 0 Å². The molecule has 11 aromatic rings. The fraction of sp³-hybridized carbons (Fsp3) is 0. The Balaban J connectivity index is 0.919. The van der Waals surface area contributed by atoms with E-state index in [0.29, 0.717) is 17.5 Å². The lowest BCUT2D eigenvalue weighted by Crippen LogP contribution is -2.30. The fourth-order valence-electron chi connectivity index (χ4n) is 8.63. The molecule has 0 atom stereocenters. The van der Waals surface area contributed by atoms with Crippen molar-refractivity contribution in [1.82, 2.24) is 19.9 Å². The third-order valence-corrected chi connectivity index (χ3v) is 15.0. The van der Waals surface area contributed by atoms with Crippen LogP contribution in [0.3, 0.4) is 0 Å². The summed E-state index contributed by atoms with van der Waals surface area (Å²) in [6, 6.07) is 80.5. The number of pyridine rings is 1. The maximum Gasteiger partial charge on any atom is 0.238 e. The lowest BCUT2D eigenvalue weighted by Gasteiger charge is -2.20. The van der Waals surface area contributed by atoms with Gasteiger partial charge in [0.05, 0.1) is 11.2 Å². The minimum atomic E-state index is -2.89. The van der Waals surface area contributed by atoms with E-state index in [1.54, 1.807) is 0 Å². The molecular formula is C58H40N4OP+. The van der Waals surface area contributed by atoms with Gasteiger partial charge in [0.2, 0.25) is 7.49 Å². The van der Waals surface area contributed by atoms with Gasteiger partial charge in [0.15, 0.2) is 17.5 Å². The van der Waals surface area contributed by atoms with Crippen molar-refractivity contribution >= 4 is 45.1 Å². The van der Waals surface area contributed by atoms with Gasteiger partial charge in [-0.3, -0.25) is 0 Å². The molecule has 2 aromatic heterocycles. The van der Waals surface area contributed by atoms with Gasteiger partial charge in [-0.1, -0.05) is 182 Å². The minimum absolute atomic E-state index is 0.559. The summed E-state index contributed by atoms with van der Waals surface area (Å²) in [4.78, 5) is 32.8. The molecular weight excluding hydrogens is 800 g/mol. The molecule has 5 nitrogen and oxygen atoms in total. The van der Waals surface area contributed by atoms with Crippen LogP contribution in [-0.4, -0.2) is 24.8 Å². The number of aromatic nitrogens is 4. The first-order chi connectivity index (χ1) is 31.6. The summed E-state index contributed by atoms with van der Waals surface area (Å²) in [5.41, 5.74) is 10.2. The van der Waals surface area contributed by atoms with Crippen molar-refractivity contribution in [3.8, 4) is 67.7 Å². The molecule has 0 unspecified atom stereocenters. The van der Waals surface area contributed by atoms with Crippen LogP contribution in [0.5, 0.6) is 0 Å². The Kier molecular flexibility index (Phi) is 10.2. The second-order valence-corrected chi connectivity index (χ2v) is 18.6. The Morgan fingerprint density at radius 2 is 0.672 bits per heavy atom. The number of hydrogen-bond acceptors (Lipinski definition) is 5. The zero-order valence-electron chi connectivity index (χ0n) is 34.7. The molecule has 0 radical (unpaired) electrons. The van der Waals surface area contributed by atoms with Gasteiger partial charge < -0.3 is 0 Å². The van der Waals surface area contributed by atoms with Crippen molar-refractivity contribution in [2.24, 2.45) is 0 Å². The molecule has 0 aliphatic heterocycles. The van der Waals surface area contributed by atoms with E-state index in [9.17, 15) is 4.89 Å². The Morgan fingerprint density at radius 3 is 1.20 bits per heavy atom. The highest BCUT2D eigenvalue weighted by Crippen LogP contribution is 2.51. The normalized spacial score (nSPS) is 11.5. The summed E-state index contributed by atoms with van der Waals surface area (Å²) in [7, 11) is -2.89. The first-order valence-electron chi connectivity index (χ1n) is 21.3. The van der Waals surface area contributed by atoms with E-state index in [-0.39, 0.29) is 0 Å². The summed E-state index contributed by atoms with van der Waals surface area (Å²) in [6.45, 7) is 0. The summed E-state index contributed by atoms with van der Waals surface area (Å²) in [5.74, 6) is 1.73. The Labute approximate surface area is 372 Å². The average molecular weight is 840 g/mol. The number of hydrogen-bond donors (Lipinski definition) is 1. The molecule has 64 heavy (non-hydrogen) atoms. The monoisotopic (exact) mass is 839 g/mol. The Hall–Kier alpha value is -7.95. The summed E-state index contributed by atoms with van der Waals surface area (Å²) in [5, 5.41) is 6.14. The van der Waals surface area contributed by atoms with Crippen LogP contribution in [0.15, 0.2) is 237 Å². The van der Waals surface area contributed by atoms with Gasteiger partial charge in [-0.2, -0.15) is 0 Å². The first kappa shape index (κ1) is 38.9. The molecule has 0 spiro atoms. The quantitative estimate of drug-likeness (QED) is 0.116. The maximum absolute atomic E-state index is 12.5. The van der Waals surface area contributed by atoms with E-state index in [1.807, 2.05) is 121 Å². The molecule has 0 aliphatic rings. The second kappa shape index (κ2) is 16.7. The predicted octanol–water partition coefficient (Wildman–Crippen LogP) is 12.8. The standard InChI is InChI=1S/C58H40N4OP/c63-64(47-20-9-3-10-21-47,48-22-11-4-12-23-48)49-38-36-46(37-39-49)58-61-56(44-18-7-2-8-19-44)60-57(62-58)45-34-30-41(31-35-45)40-28-32-42(33-29-40)50-26-15-27-53-54(50)51-24-13-14-25-52(51)55(59-53)43-16-5-1-6-17-43/h1-39,63H/q+1. The molecule has 0 aliphatic carbocycles. The van der Waals surface area contributed by atoms with Crippen molar-refractivity contribution in [2.45, 2.75) is 0 Å². The largest absolute Gasteiger partial charge is 0.247 e. The van der Waals surface area contributed by atoms with Gasteiger partial charge in [0.1, 0.15) is 15.9 Å². The molecule has 0 bridgehead atoms. The topological polar surface area (TPSA) is 71.8 Å². The van der Waals surface area contributed by atoms with E-state index in [4.69, 9.17) is 19.9 Å². The lowest BCUT2D eigenvalue weighted by atomic mass is 9.93. The second-order valence-electron chi connectivity index (χ2n) is 15.8. The van der Waals surface area contributed by atoms with Gasteiger partial charge in [0.25, 0.3) is 0 Å². The maximum atomic E-state index is 12.5. The molecule has 0 saturated heterocycles. The molecule has 9 aromatic carbocycles. The fourth-order valence-corrected chi connectivity index (χ4v) is 11.3. The van der Waals surface area contributed by atoms with Crippen molar-refractivity contribution < 1.29 is 4.89 Å². The number of rotatable bonds is 9. The summed E-state index contributed by atoms with van der Waals surface area (Å²) < 4.78 is 0. The SMILES string of the molecule is O[P+](c1ccccc1)(c1ccccc1)c1ccc(-c2nc(-c3ccccc3)nc(-c3ccc(-c4ccc(-c5cccc6nc(-c7ccccc7)c7ccccc7c56)cc4)cc3)n2)cc1. The molecule has 0 fully saturated rings. The summed E-state index contributed by atoms with van der Waals surface area (Å²) >= 11 is 0. The average Bonchev–Trinajstić information content (AvgIpc) is 3.39. The van der Waals surface area contributed by atoms with Crippen LogP contribution in [0.1, 0.15) is 0 Å². The lowest BCUT2D eigenvalue weighted by molar-refractivity contribution is 0.633. The zero-order valence-corrected chi connectivity index (χ0v) is 35.6. The molecule has 0 saturated carbocycles. The van der Waals surface area contributed by atoms with Crippen LogP contribution < -0.4 is 15.9 Å². The highest BCUT2D eigenvalue weighted by atomic mass is 31.2. The summed E-state index contributed by atoms with van der Waals surface area (Å²) in [6.07, 6.45) is 0. The zero-order chi connectivity index (χ0) is 42.9. The van der Waals surface area contributed by atoms with E-state index in [1.165, 1.54) is 5.39 Å². The smallest absolute Gasteiger partial charge is 0.238 e. The molecule has 11 rings (SSSR count). The number of benzene rings is 9. The van der Waals surface area contributed by atoms with Crippen molar-refractivity contribution in [3.05, 3.63) is 237 Å². The molecule has 6 heteroatoms. The molecule has 1 N–H and O–H groups in total. The van der Waals surface area contributed by atoms with E-state index < -0.39 is 7.49 Å². The van der Waals surface area contributed by atoms with E-state index >= 15 is 0 Å². The number of nitrogens with zero attached hydrogens (tertiary/aromatic N) is 4. The van der Waals surface area contributed by atoms with Crippen molar-refractivity contribution in [2.75, 3.05) is 0 Å². The first-order valence-corrected chi connectivity index (χ1v) is 23.1. The van der Waals surface area contributed by atoms with E-state index in [2.05, 4.69) is 115 Å². The molecule has 2 heterocycles. The van der Waals surface area contributed by atoms with Crippen LogP contribution in [-0.2, 0) is 0 Å². The number of fused-ring (bicyclic) bond motifs is 3. The molecule has 0 amide bonds. The Morgan fingerprint density at radius 1 is 0.281 bits per heavy atom. The highest BCUT2D eigenvalue weighted by Gasteiger charge is 2.44. The van der Waals surface area contributed by atoms with E-state index in [0.717, 1.165) is 82.4 Å². The van der Waals surface area contributed by atoms with Crippen molar-refractivity contribution in [1.29, 1.82) is 0 Å².